The molecule has 0 saturated carbocycles. The van der Waals surface area contributed by atoms with Gasteiger partial charge in [0.25, 0.3) is 0 Å². The standard InChI is InChI=1S/C13H11F3N2O/c1-8(2)5-12(19)18-11-4-3-9(7-17)6-10(11)13(14,15)16/h3-6H,1-2H3,(H,18,19). The highest BCUT2D eigenvalue weighted by Gasteiger charge is 2.34. The Morgan fingerprint density at radius 3 is 2.47 bits per heavy atom. The number of rotatable bonds is 2. The molecule has 0 aromatic heterocycles. The third-order valence-electron chi connectivity index (χ3n) is 2.13. The number of hydrogen-bond donors (Lipinski definition) is 1. The van der Waals surface area contributed by atoms with E-state index in [4.69, 9.17) is 5.26 Å². The molecule has 1 aromatic carbocycles. The minimum atomic E-state index is -4.64. The van der Waals surface area contributed by atoms with Gasteiger partial charge in [0, 0.05) is 6.08 Å². The Labute approximate surface area is 108 Å². The van der Waals surface area contributed by atoms with E-state index in [0.717, 1.165) is 6.07 Å². The molecule has 6 heteroatoms. The van der Waals surface area contributed by atoms with Gasteiger partial charge in [-0.1, -0.05) is 5.57 Å². The van der Waals surface area contributed by atoms with E-state index in [2.05, 4.69) is 5.32 Å². The van der Waals surface area contributed by atoms with Crippen LogP contribution in [-0.2, 0) is 11.0 Å². The number of benzene rings is 1. The van der Waals surface area contributed by atoms with Crippen molar-refractivity contribution in [2.45, 2.75) is 20.0 Å². The summed E-state index contributed by atoms with van der Waals surface area (Å²) in [7, 11) is 0. The molecular weight excluding hydrogens is 257 g/mol. The van der Waals surface area contributed by atoms with E-state index in [1.165, 1.54) is 12.1 Å². The molecule has 0 spiro atoms. The third kappa shape index (κ3) is 4.14. The Morgan fingerprint density at radius 1 is 1.37 bits per heavy atom. The van der Waals surface area contributed by atoms with Gasteiger partial charge < -0.3 is 5.32 Å². The van der Waals surface area contributed by atoms with Crippen LogP contribution in [0.2, 0.25) is 0 Å². The monoisotopic (exact) mass is 268 g/mol. The van der Waals surface area contributed by atoms with Gasteiger partial charge in [0.2, 0.25) is 5.91 Å². The Hall–Kier alpha value is -2.29. The van der Waals surface area contributed by atoms with Crippen molar-refractivity contribution < 1.29 is 18.0 Å². The third-order valence-corrected chi connectivity index (χ3v) is 2.13. The number of nitrogens with one attached hydrogen (secondary N) is 1. The molecule has 0 radical (unpaired) electrons. The van der Waals surface area contributed by atoms with E-state index in [0.29, 0.717) is 11.6 Å². The van der Waals surface area contributed by atoms with Gasteiger partial charge in [-0.3, -0.25) is 4.79 Å². The van der Waals surface area contributed by atoms with Crippen LogP contribution in [0.15, 0.2) is 29.8 Å². The molecule has 1 amide bonds. The molecule has 0 bridgehead atoms. The van der Waals surface area contributed by atoms with Crippen molar-refractivity contribution >= 4 is 11.6 Å². The number of carbonyl (C=O) groups excluding carboxylic acids is 1. The maximum atomic E-state index is 12.8. The summed E-state index contributed by atoms with van der Waals surface area (Å²) in [5.41, 5.74) is -0.858. The molecule has 0 unspecified atom stereocenters. The molecule has 1 N–H and O–H groups in total. The zero-order valence-electron chi connectivity index (χ0n) is 10.3. The molecule has 0 fully saturated rings. The van der Waals surface area contributed by atoms with Crippen molar-refractivity contribution in [1.82, 2.24) is 0 Å². The number of alkyl halides is 3. The minimum Gasteiger partial charge on any atom is -0.322 e. The Kier molecular flexibility index (Phi) is 4.33. The molecule has 0 aliphatic rings. The van der Waals surface area contributed by atoms with Crippen LogP contribution < -0.4 is 5.32 Å². The summed E-state index contributed by atoms with van der Waals surface area (Å²) >= 11 is 0. The van der Waals surface area contributed by atoms with Gasteiger partial charge in [0.1, 0.15) is 0 Å². The lowest BCUT2D eigenvalue weighted by atomic mass is 10.1. The number of amides is 1. The van der Waals surface area contributed by atoms with Crippen molar-refractivity contribution in [3.05, 3.63) is 41.0 Å². The fourth-order valence-corrected chi connectivity index (χ4v) is 1.39. The van der Waals surface area contributed by atoms with Gasteiger partial charge in [-0.25, -0.2) is 0 Å². The summed E-state index contributed by atoms with van der Waals surface area (Å²) in [6.45, 7) is 3.31. The summed E-state index contributed by atoms with van der Waals surface area (Å²) in [6.07, 6.45) is -3.45. The predicted molar refractivity (Wildman–Crippen MR) is 64.2 cm³/mol. The molecule has 1 aromatic rings. The van der Waals surface area contributed by atoms with Crippen LogP contribution in [0.3, 0.4) is 0 Å². The van der Waals surface area contributed by atoms with E-state index in [-0.39, 0.29) is 11.3 Å². The lowest BCUT2D eigenvalue weighted by Crippen LogP contribution is -2.15. The van der Waals surface area contributed by atoms with Crippen LogP contribution in [0.25, 0.3) is 0 Å². The second-order valence-corrected chi connectivity index (χ2v) is 4.08. The zero-order valence-corrected chi connectivity index (χ0v) is 10.3. The van der Waals surface area contributed by atoms with E-state index < -0.39 is 17.6 Å². The first-order valence-electron chi connectivity index (χ1n) is 5.31. The van der Waals surface area contributed by atoms with Crippen molar-refractivity contribution in [1.29, 1.82) is 5.26 Å². The number of halogens is 3. The fourth-order valence-electron chi connectivity index (χ4n) is 1.39. The molecule has 0 saturated heterocycles. The maximum absolute atomic E-state index is 12.8. The van der Waals surface area contributed by atoms with Gasteiger partial charge in [0.05, 0.1) is 22.9 Å². The molecule has 19 heavy (non-hydrogen) atoms. The number of nitriles is 1. The zero-order chi connectivity index (χ0) is 14.6. The summed E-state index contributed by atoms with van der Waals surface area (Å²) < 4.78 is 38.4. The average molecular weight is 268 g/mol. The number of nitrogens with zero attached hydrogens (tertiary/aromatic N) is 1. The molecule has 0 aliphatic heterocycles. The molecule has 1 rings (SSSR count). The Morgan fingerprint density at radius 2 is 2.00 bits per heavy atom. The first-order chi connectivity index (χ1) is 8.74. The molecule has 0 heterocycles. The van der Waals surface area contributed by atoms with Crippen LogP contribution >= 0.6 is 0 Å². The van der Waals surface area contributed by atoms with Crippen LogP contribution in [-0.4, -0.2) is 5.91 Å². The lowest BCUT2D eigenvalue weighted by Gasteiger charge is -2.13. The largest absolute Gasteiger partial charge is 0.418 e. The molecule has 0 aliphatic carbocycles. The number of anilines is 1. The normalized spacial score (nSPS) is 10.5. The van der Waals surface area contributed by atoms with E-state index in [1.54, 1.807) is 19.9 Å². The van der Waals surface area contributed by atoms with Crippen LogP contribution in [0, 0.1) is 11.3 Å². The summed E-state index contributed by atoms with van der Waals surface area (Å²) in [5, 5.41) is 10.8. The SMILES string of the molecule is CC(C)=CC(=O)Nc1ccc(C#N)cc1C(F)(F)F. The summed E-state index contributed by atoms with van der Waals surface area (Å²) in [5.74, 6) is -0.643. The van der Waals surface area contributed by atoms with Crippen molar-refractivity contribution in [2.75, 3.05) is 5.32 Å². The number of hydrogen-bond acceptors (Lipinski definition) is 2. The first-order valence-corrected chi connectivity index (χ1v) is 5.31. The highest BCUT2D eigenvalue weighted by molar-refractivity contribution is 6.00. The van der Waals surface area contributed by atoms with Crippen molar-refractivity contribution in [2.24, 2.45) is 0 Å². The lowest BCUT2D eigenvalue weighted by molar-refractivity contribution is -0.137. The summed E-state index contributed by atoms with van der Waals surface area (Å²) in [4.78, 5) is 11.4. The second kappa shape index (κ2) is 5.57. The fraction of sp³-hybridized carbons (Fsp3) is 0.231. The van der Waals surface area contributed by atoms with Crippen LogP contribution in [0.4, 0.5) is 18.9 Å². The first kappa shape index (κ1) is 14.8. The molecule has 0 atom stereocenters. The number of allylic oxidation sites excluding steroid dienone is 1. The quantitative estimate of drug-likeness (QED) is 0.835. The summed E-state index contributed by atoms with van der Waals surface area (Å²) in [6, 6.07) is 4.62. The van der Waals surface area contributed by atoms with E-state index >= 15 is 0 Å². The maximum Gasteiger partial charge on any atom is 0.418 e. The van der Waals surface area contributed by atoms with Gasteiger partial charge in [-0.2, -0.15) is 18.4 Å². The van der Waals surface area contributed by atoms with Gasteiger partial charge in [-0.05, 0) is 32.0 Å². The van der Waals surface area contributed by atoms with Crippen LogP contribution in [0.5, 0.6) is 0 Å². The Balaban J connectivity index is 3.18. The van der Waals surface area contributed by atoms with E-state index in [1.807, 2.05) is 0 Å². The predicted octanol–water partition coefficient (Wildman–Crippen LogP) is 3.48. The molecular formula is C13H11F3N2O. The second-order valence-electron chi connectivity index (χ2n) is 4.08. The molecule has 3 nitrogen and oxygen atoms in total. The van der Waals surface area contributed by atoms with Crippen molar-refractivity contribution in [3.63, 3.8) is 0 Å². The minimum absolute atomic E-state index is 0.118. The topological polar surface area (TPSA) is 52.9 Å². The smallest absolute Gasteiger partial charge is 0.322 e. The highest BCUT2D eigenvalue weighted by atomic mass is 19.4. The molecule has 100 valence electrons. The van der Waals surface area contributed by atoms with Gasteiger partial charge in [0.15, 0.2) is 0 Å². The average Bonchev–Trinajstić information content (AvgIpc) is 2.26. The number of carbonyl (C=O) groups is 1. The Bertz CT molecular complexity index is 564. The van der Waals surface area contributed by atoms with Gasteiger partial charge >= 0.3 is 6.18 Å². The van der Waals surface area contributed by atoms with E-state index in [9.17, 15) is 18.0 Å². The van der Waals surface area contributed by atoms with Crippen LogP contribution in [0.1, 0.15) is 25.0 Å². The highest BCUT2D eigenvalue weighted by Crippen LogP contribution is 2.35. The van der Waals surface area contributed by atoms with Gasteiger partial charge in [-0.15, -0.1) is 0 Å². The van der Waals surface area contributed by atoms with Crippen molar-refractivity contribution in [3.8, 4) is 6.07 Å².